The van der Waals surface area contributed by atoms with Crippen molar-refractivity contribution >= 4 is 46.2 Å². The van der Waals surface area contributed by atoms with Gasteiger partial charge in [0.1, 0.15) is 17.9 Å². The summed E-state index contributed by atoms with van der Waals surface area (Å²) in [5.41, 5.74) is 3.36. The van der Waals surface area contributed by atoms with Gasteiger partial charge in [-0.2, -0.15) is 0 Å². The van der Waals surface area contributed by atoms with Crippen LogP contribution in [0.25, 0.3) is 0 Å². The molecule has 1 amide bonds. The number of methoxy groups -OCH3 is 1. The topological polar surface area (TPSA) is 98.3 Å². The Bertz CT molecular complexity index is 1540. The Balaban J connectivity index is 1.19. The standard InChI is InChI=1S/C35H45ClN8O3/c1-5-35(45)40-28-20-29(39-33-22-34(38-23-37-33)44-30(12-19-47-44)25-6-8-26(36)9-7-25)32(46-4)21-31(28)43-13-10-27(11-14-43)42-17-15-41(16-18-42)24(2)3/h5-9,20-24,27,30H,1,10-19H2,2-4H3,(H,40,45)(H,37,38,39). The molecule has 1 unspecified atom stereocenters. The Morgan fingerprint density at radius 3 is 2.45 bits per heavy atom. The molecule has 2 N–H and O–H groups in total. The van der Waals surface area contributed by atoms with Gasteiger partial charge in [0.15, 0.2) is 5.82 Å². The molecule has 0 spiro atoms. The lowest BCUT2D eigenvalue weighted by Crippen LogP contribution is -2.54. The van der Waals surface area contributed by atoms with Crippen molar-refractivity contribution in [2.75, 3.05) is 73.6 Å². The van der Waals surface area contributed by atoms with E-state index < -0.39 is 0 Å². The van der Waals surface area contributed by atoms with E-state index in [1.807, 2.05) is 47.5 Å². The minimum atomic E-state index is -0.274. The van der Waals surface area contributed by atoms with Gasteiger partial charge in [-0.25, -0.2) is 15.0 Å². The van der Waals surface area contributed by atoms with Gasteiger partial charge in [0.2, 0.25) is 5.91 Å². The summed E-state index contributed by atoms with van der Waals surface area (Å²) < 4.78 is 5.87. The van der Waals surface area contributed by atoms with E-state index in [-0.39, 0.29) is 11.9 Å². The highest BCUT2D eigenvalue weighted by Gasteiger charge is 2.31. The van der Waals surface area contributed by atoms with E-state index in [9.17, 15) is 4.79 Å². The molecule has 0 bridgehead atoms. The van der Waals surface area contributed by atoms with Gasteiger partial charge in [-0.05, 0) is 56.5 Å². The first-order valence-corrected chi connectivity index (χ1v) is 16.9. The fraction of sp³-hybridized carbons (Fsp3) is 0.457. The third kappa shape index (κ3) is 7.65. The van der Waals surface area contributed by atoms with Gasteiger partial charge in [0.25, 0.3) is 0 Å². The van der Waals surface area contributed by atoms with Crippen molar-refractivity contribution in [3.63, 3.8) is 0 Å². The number of anilines is 5. The molecule has 12 heteroatoms. The molecule has 250 valence electrons. The molecule has 0 saturated carbocycles. The monoisotopic (exact) mass is 660 g/mol. The van der Waals surface area contributed by atoms with E-state index in [0.717, 1.165) is 69.8 Å². The second kappa shape index (κ2) is 14.9. The molecule has 1 aromatic heterocycles. The van der Waals surface area contributed by atoms with E-state index in [0.29, 0.717) is 52.5 Å². The maximum Gasteiger partial charge on any atom is 0.247 e. The Labute approximate surface area is 282 Å². The Hall–Kier alpha value is -3.90. The fourth-order valence-electron chi connectivity index (χ4n) is 6.83. The predicted molar refractivity (Wildman–Crippen MR) is 188 cm³/mol. The third-order valence-electron chi connectivity index (χ3n) is 9.46. The van der Waals surface area contributed by atoms with Gasteiger partial charge >= 0.3 is 0 Å². The molecule has 3 aliphatic rings. The summed E-state index contributed by atoms with van der Waals surface area (Å²) in [6.45, 7) is 15.1. The number of ether oxygens (including phenoxy) is 1. The number of carbonyl (C=O) groups is 1. The highest BCUT2D eigenvalue weighted by molar-refractivity contribution is 6.30. The summed E-state index contributed by atoms with van der Waals surface area (Å²) >= 11 is 6.12. The lowest BCUT2D eigenvalue weighted by molar-refractivity contribution is -0.111. The van der Waals surface area contributed by atoms with Crippen LogP contribution in [0.2, 0.25) is 5.02 Å². The average molecular weight is 661 g/mol. The van der Waals surface area contributed by atoms with Crippen LogP contribution in [0.4, 0.5) is 28.7 Å². The Morgan fingerprint density at radius 2 is 1.77 bits per heavy atom. The number of nitrogens with one attached hydrogen (secondary N) is 2. The number of benzene rings is 2. The molecule has 3 fully saturated rings. The van der Waals surface area contributed by atoms with Crippen LogP contribution in [-0.4, -0.2) is 90.7 Å². The zero-order chi connectivity index (χ0) is 32.9. The smallest absolute Gasteiger partial charge is 0.247 e. The molecule has 1 atom stereocenters. The van der Waals surface area contributed by atoms with Crippen molar-refractivity contribution in [1.29, 1.82) is 0 Å². The number of piperazine rings is 1. The number of amides is 1. The van der Waals surface area contributed by atoms with Crippen molar-refractivity contribution in [3.05, 3.63) is 72.0 Å². The summed E-state index contributed by atoms with van der Waals surface area (Å²) in [5.74, 6) is 1.55. The second-order valence-electron chi connectivity index (χ2n) is 12.5. The average Bonchev–Trinajstić information content (AvgIpc) is 3.59. The van der Waals surface area contributed by atoms with Crippen LogP contribution in [0.15, 0.2) is 61.4 Å². The van der Waals surface area contributed by atoms with Crippen molar-refractivity contribution < 1.29 is 14.4 Å². The van der Waals surface area contributed by atoms with Crippen LogP contribution in [0.1, 0.15) is 44.7 Å². The first-order chi connectivity index (χ1) is 22.8. The largest absolute Gasteiger partial charge is 0.494 e. The maximum atomic E-state index is 12.6. The molecular formula is C35H45ClN8O3. The van der Waals surface area contributed by atoms with Gasteiger partial charge in [-0.3, -0.25) is 19.4 Å². The van der Waals surface area contributed by atoms with E-state index in [2.05, 4.69) is 55.7 Å². The molecule has 4 heterocycles. The lowest BCUT2D eigenvalue weighted by atomic mass is 10.0. The first kappa shape index (κ1) is 33.0. The first-order valence-electron chi connectivity index (χ1n) is 16.5. The van der Waals surface area contributed by atoms with E-state index >= 15 is 0 Å². The van der Waals surface area contributed by atoms with Crippen LogP contribution in [-0.2, 0) is 9.63 Å². The number of hydrogen-bond donors (Lipinski definition) is 2. The number of halogens is 1. The SMILES string of the molecule is C=CC(=O)Nc1cc(Nc2cc(N3OCCC3c3ccc(Cl)cc3)ncn2)c(OC)cc1N1CCC(N2CCN(C(C)C)CC2)CC1. The van der Waals surface area contributed by atoms with Crippen molar-refractivity contribution in [2.45, 2.75) is 51.2 Å². The molecule has 0 radical (unpaired) electrons. The number of aromatic nitrogens is 2. The molecular weight excluding hydrogens is 616 g/mol. The van der Waals surface area contributed by atoms with Gasteiger partial charge in [0.05, 0.1) is 36.8 Å². The van der Waals surface area contributed by atoms with Gasteiger partial charge < -0.3 is 20.3 Å². The summed E-state index contributed by atoms with van der Waals surface area (Å²) in [6, 6.07) is 14.7. The molecule has 2 aromatic carbocycles. The summed E-state index contributed by atoms with van der Waals surface area (Å²) in [6.07, 6.45) is 5.75. The number of rotatable bonds is 10. The predicted octanol–water partition coefficient (Wildman–Crippen LogP) is 5.88. The minimum Gasteiger partial charge on any atom is -0.494 e. The van der Waals surface area contributed by atoms with Crippen molar-refractivity contribution in [1.82, 2.24) is 19.8 Å². The van der Waals surface area contributed by atoms with Crippen LogP contribution in [0.5, 0.6) is 5.75 Å². The second-order valence-corrected chi connectivity index (χ2v) is 13.0. The maximum absolute atomic E-state index is 12.6. The quantitative estimate of drug-likeness (QED) is 0.257. The van der Waals surface area contributed by atoms with Gasteiger partial charge in [0, 0.05) is 74.9 Å². The highest BCUT2D eigenvalue weighted by Crippen LogP contribution is 2.40. The van der Waals surface area contributed by atoms with Gasteiger partial charge in [-0.15, -0.1) is 0 Å². The number of carbonyl (C=O) groups excluding carboxylic acids is 1. The number of hydroxylamine groups is 1. The highest BCUT2D eigenvalue weighted by atomic mass is 35.5. The number of hydrogen-bond acceptors (Lipinski definition) is 10. The summed E-state index contributed by atoms with van der Waals surface area (Å²) in [7, 11) is 1.65. The number of piperidine rings is 1. The van der Waals surface area contributed by atoms with Gasteiger partial charge in [-0.1, -0.05) is 30.3 Å². The summed E-state index contributed by atoms with van der Waals surface area (Å²) in [5, 5.41) is 8.93. The molecule has 11 nitrogen and oxygen atoms in total. The third-order valence-corrected chi connectivity index (χ3v) is 9.71. The van der Waals surface area contributed by atoms with Crippen LogP contribution in [0.3, 0.4) is 0 Å². The van der Waals surface area contributed by atoms with Crippen LogP contribution >= 0.6 is 11.6 Å². The zero-order valence-electron chi connectivity index (χ0n) is 27.5. The molecule has 3 saturated heterocycles. The van der Waals surface area contributed by atoms with E-state index in [1.165, 1.54) is 12.4 Å². The summed E-state index contributed by atoms with van der Waals surface area (Å²) in [4.78, 5) is 35.1. The number of nitrogens with zero attached hydrogens (tertiary/aromatic N) is 6. The normalized spacial score (nSPS) is 19.6. The molecule has 3 aromatic rings. The molecule has 3 aliphatic heterocycles. The Kier molecular flexibility index (Phi) is 10.5. The minimum absolute atomic E-state index is 0.00154. The zero-order valence-corrected chi connectivity index (χ0v) is 28.2. The van der Waals surface area contributed by atoms with E-state index in [1.54, 1.807) is 7.11 Å². The molecule has 0 aliphatic carbocycles. The van der Waals surface area contributed by atoms with Crippen LogP contribution in [0, 0.1) is 0 Å². The van der Waals surface area contributed by atoms with Crippen molar-refractivity contribution in [2.24, 2.45) is 0 Å². The Morgan fingerprint density at radius 1 is 1.02 bits per heavy atom. The van der Waals surface area contributed by atoms with E-state index in [4.69, 9.17) is 21.2 Å². The van der Waals surface area contributed by atoms with Crippen molar-refractivity contribution in [3.8, 4) is 5.75 Å². The van der Waals surface area contributed by atoms with Crippen LogP contribution < -0.4 is 25.3 Å². The molecule has 47 heavy (non-hydrogen) atoms. The molecule has 6 rings (SSSR count). The fourth-order valence-corrected chi connectivity index (χ4v) is 6.95. The lowest BCUT2D eigenvalue weighted by Gasteiger charge is -2.44.